The number of carbonyl (C=O) groups is 2. The number of ether oxygens (including phenoxy) is 2. The third-order valence-electron chi connectivity index (χ3n) is 3.30. The van der Waals surface area contributed by atoms with Gasteiger partial charge in [0.2, 0.25) is 0 Å². The Hall–Kier alpha value is -2.62. The number of hydrogen-bond donors (Lipinski definition) is 0. The van der Waals surface area contributed by atoms with Crippen molar-refractivity contribution in [1.82, 2.24) is 0 Å². The second-order valence-corrected chi connectivity index (χ2v) is 4.54. The highest BCUT2D eigenvalue weighted by Crippen LogP contribution is 2.31. The normalized spacial score (nSPS) is 19.4. The van der Waals surface area contributed by atoms with Crippen LogP contribution in [0, 0.1) is 0 Å². The summed E-state index contributed by atoms with van der Waals surface area (Å²) in [6.07, 6.45) is 5.79. The largest absolute Gasteiger partial charge is 0.496 e. The van der Waals surface area contributed by atoms with Crippen LogP contribution in [-0.2, 0) is 14.3 Å². The van der Waals surface area contributed by atoms with E-state index in [9.17, 15) is 9.59 Å². The van der Waals surface area contributed by atoms with Gasteiger partial charge in [0, 0.05) is 12.0 Å². The van der Waals surface area contributed by atoms with Gasteiger partial charge in [-0.1, -0.05) is 24.3 Å². The average molecular weight is 268 g/mol. The van der Waals surface area contributed by atoms with Crippen LogP contribution in [0.1, 0.15) is 12.0 Å². The van der Waals surface area contributed by atoms with Crippen LogP contribution in [0.15, 0.2) is 53.1 Å². The molecule has 0 unspecified atom stereocenters. The highest BCUT2D eigenvalue weighted by Gasteiger charge is 2.33. The van der Waals surface area contributed by atoms with Gasteiger partial charge in [0.15, 0.2) is 0 Å². The van der Waals surface area contributed by atoms with Crippen molar-refractivity contribution >= 4 is 18.0 Å². The minimum absolute atomic E-state index is 0.368. The zero-order chi connectivity index (χ0) is 14.1. The molecular weight excluding hydrogens is 256 g/mol. The standard InChI is InChI=1S/C16H12O4/c1-19-14-5-3-2-4-11(14)8-10-6-7-12-13(9-10)16(18)20-15(12)17/h2-8H,9H2,1H3. The maximum atomic E-state index is 11.6. The van der Waals surface area contributed by atoms with Gasteiger partial charge in [-0.05, 0) is 23.8 Å². The number of cyclic esters (lactones) is 2. The Bertz CT molecular complexity index is 692. The number of rotatable bonds is 2. The summed E-state index contributed by atoms with van der Waals surface area (Å²) >= 11 is 0. The van der Waals surface area contributed by atoms with Gasteiger partial charge in [-0.25, -0.2) is 9.59 Å². The Morgan fingerprint density at radius 3 is 2.75 bits per heavy atom. The smallest absolute Gasteiger partial charge is 0.346 e. The minimum Gasteiger partial charge on any atom is -0.496 e. The molecule has 3 rings (SSSR count). The third-order valence-corrected chi connectivity index (χ3v) is 3.30. The first-order valence-electron chi connectivity index (χ1n) is 6.20. The predicted molar refractivity (Wildman–Crippen MR) is 72.9 cm³/mol. The molecule has 0 fully saturated rings. The van der Waals surface area contributed by atoms with Crippen LogP contribution in [0.4, 0.5) is 0 Å². The summed E-state index contributed by atoms with van der Waals surface area (Å²) in [6.45, 7) is 0. The molecule has 1 aromatic carbocycles. The van der Waals surface area contributed by atoms with Gasteiger partial charge in [0.1, 0.15) is 5.75 Å². The van der Waals surface area contributed by atoms with E-state index in [0.29, 0.717) is 17.6 Å². The SMILES string of the molecule is COc1ccccc1C=C1C=CC2=C(C1)C(=O)OC2=O. The molecule has 0 aromatic heterocycles. The molecule has 100 valence electrons. The van der Waals surface area contributed by atoms with E-state index in [1.54, 1.807) is 13.2 Å². The van der Waals surface area contributed by atoms with Crippen molar-refractivity contribution < 1.29 is 19.1 Å². The predicted octanol–water partition coefficient (Wildman–Crippen LogP) is 2.42. The molecule has 0 atom stereocenters. The molecule has 4 nitrogen and oxygen atoms in total. The van der Waals surface area contributed by atoms with Gasteiger partial charge in [-0.15, -0.1) is 0 Å². The van der Waals surface area contributed by atoms with E-state index >= 15 is 0 Å². The van der Waals surface area contributed by atoms with E-state index in [0.717, 1.165) is 16.9 Å². The van der Waals surface area contributed by atoms with Crippen molar-refractivity contribution in [2.45, 2.75) is 6.42 Å². The first-order valence-corrected chi connectivity index (χ1v) is 6.20. The molecule has 0 saturated carbocycles. The van der Waals surface area contributed by atoms with Gasteiger partial charge in [0.25, 0.3) is 0 Å². The second-order valence-electron chi connectivity index (χ2n) is 4.54. The average Bonchev–Trinajstić information content (AvgIpc) is 2.74. The topological polar surface area (TPSA) is 52.6 Å². The molecule has 1 aliphatic heterocycles. The van der Waals surface area contributed by atoms with Gasteiger partial charge in [-0.3, -0.25) is 0 Å². The van der Waals surface area contributed by atoms with Gasteiger partial charge in [-0.2, -0.15) is 0 Å². The molecule has 1 aromatic rings. The number of esters is 2. The van der Waals surface area contributed by atoms with Gasteiger partial charge >= 0.3 is 11.9 Å². The fourth-order valence-electron chi connectivity index (χ4n) is 2.31. The van der Waals surface area contributed by atoms with Crippen LogP contribution in [0.5, 0.6) is 5.75 Å². The molecule has 1 aliphatic carbocycles. The number of para-hydroxylation sites is 1. The summed E-state index contributed by atoms with van der Waals surface area (Å²) in [4.78, 5) is 22.9. The lowest BCUT2D eigenvalue weighted by Crippen LogP contribution is -2.02. The maximum Gasteiger partial charge on any atom is 0.346 e. The molecule has 0 amide bonds. The lowest BCUT2D eigenvalue weighted by molar-refractivity contribution is -0.151. The van der Waals surface area contributed by atoms with Crippen LogP contribution in [0.25, 0.3) is 6.08 Å². The monoisotopic (exact) mass is 268 g/mol. The van der Waals surface area contributed by atoms with Crippen LogP contribution < -0.4 is 4.74 Å². The second kappa shape index (κ2) is 4.81. The fraction of sp³-hybridized carbons (Fsp3) is 0.125. The van der Waals surface area contributed by atoms with E-state index in [1.807, 2.05) is 36.4 Å². The van der Waals surface area contributed by atoms with Crippen LogP contribution in [0.3, 0.4) is 0 Å². The van der Waals surface area contributed by atoms with Crippen molar-refractivity contribution in [2.75, 3.05) is 7.11 Å². The first-order chi connectivity index (χ1) is 9.69. The molecule has 0 radical (unpaired) electrons. The zero-order valence-electron chi connectivity index (χ0n) is 10.9. The summed E-state index contributed by atoms with van der Waals surface area (Å²) in [5.41, 5.74) is 2.65. The Kier molecular flexibility index (Phi) is 2.99. The van der Waals surface area contributed by atoms with E-state index in [-0.39, 0.29) is 0 Å². The molecule has 0 bridgehead atoms. The van der Waals surface area contributed by atoms with Crippen LogP contribution >= 0.6 is 0 Å². The Balaban J connectivity index is 1.93. The van der Waals surface area contributed by atoms with Crippen molar-refractivity contribution in [3.05, 3.63) is 58.7 Å². The first kappa shape index (κ1) is 12.4. The maximum absolute atomic E-state index is 11.6. The summed E-state index contributed by atoms with van der Waals surface area (Å²) in [6, 6.07) is 7.61. The summed E-state index contributed by atoms with van der Waals surface area (Å²) in [7, 11) is 1.61. The quantitative estimate of drug-likeness (QED) is 0.610. The number of hydrogen-bond acceptors (Lipinski definition) is 4. The molecular formula is C16H12O4. The highest BCUT2D eigenvalue weighted by molar-refractivity contribution is 6.14. The van der Waals surface area contributed by atoms with E-state index < -0.39 is 11.9 Å². The zero-order valence-corrected chi connectivity index (χ0v) is 10.9. The van der Waals surface area contributed by atoms with Crippen molar-refractivity contribution in [3.8, 4) is 5.75 Å². The molecule has 1 heterocycles. The molecule has 0 saturated heterocycles. The summed E-state index contributed by atoms with van der Waals surface area (Å²) in [5, 5.41) is 0. The molecule has 4 heteroatoms. The Morgan fingerprint density at radius 1 is 1.15 bits per heavy atom. The van der Waals surface area contributed by atoms with Crippen LogP contribution in [-0.4, -0.2) is 19.0 Å². The number of carbonyl (C=O) groups excluding carboxylic acids is 2. The van der Waals surface area contributed by atoms with Gasteiger partial charge in [0.05, 0.1) is 18.3 Å². The van der Waals surface area contributed by atoms with Crippen molar-refractivity contribution in [1.29, 1.82) is 0 Å². The molecule has 20 heavy (non-hydrogen) atoms. The van der Waals surface area contributed by atoms with E-state index in [4.69, 9.17) is 4.74 Å². The number of methoxy groups -OCH3 is 1. The summed E-state index contributed by atoms with van der Waals surface area (Å²) in [5.74, 6) is -0.337. The Morgan fingerprint density at radius 2 is 1.95 bits per heavy atom. The van der Waals surface area contributed by atoms with Crippen molar-refractivity contribution in [2.24, 2.45) is 0 Å². The molecule has 0 N–H and O–H groups in total. The number of allylic oxidation sites excluding steroid dienone is 2. The van der Waals surface area contributed by atoms with Crippen molar-refractivity contribution in [3.63, 3.8) is 0 Å². The van der Waals surface area contributed by atoms with E-state index in [2.05, 4.69) is 4.74 Å². The fourth-order valence-corrected chi connectivity index (χ4v) is 2.31. The molecule has 0 spiro atoms. The Labute approximate surface area is 116 Å². The highest BCUT2D eigenvalue weighted by atomic mass is 16.6. The van der Waals surface area contributed by atoms with E-state index in [1.165, 1.54) is 0 Å². The number of benzene rings is 1. The summed E-state index contributed by atoms with van der Waals surface area (Å²) < 4.78 is 9.88. The minimum atomic E-state index is -0.558. The molecule has 2 aliphatic rings. The van der Waals surface area contributed by atoms with Crippen LogP contribution in [0.2, 0.25) is 0 Å². The third kappa shape index (κ3) is 2.05. The lowest BCUT2D eigenvalue weighted by atomic mass is 9.94. The lowest BCUT2D eigenvalue weighted by Gasteiger charge is -2.09. The van der Waals surface area contributed by atoms with Gasteiger partial charge < -0.3 is 9.47 Å².